The van der Waals surface area contributed by atoms with E-state index in [4.69, 9.17) is 0 Å². The number of Topliss-reactive ketones (excluding diaryl/α,β-unsaturated/α-hetero) is 1. The summed E-state index contributed by atoms with van der Waals surface area (Å²) in [4.78, 5) is 12.7. The van der Waals surface area contributed by atoms with Crippen molar-refractivity contribution in [1.29, 1.82) is 0 Å². The highest BCUT2D eigenvalue weighted by Crippen LogP contribution is 2.37. The molecule has 0 aliphatic carbocycles. The predicted octanol–water partition coefficient (Wildman–Crippen LogP) is 4.29. The summed E-state index contributed by atoms with van der Waals surface area (Å²) in [6, 6.07) is 18.9. The van der Waals surface area contributed by atoms with Crippen LogP contribution in [0.2, 0.25) is 0 Å². The zero-order valence-corrected chi connectivity index (χ0v) is 11.9. The second kappa shape index (κ2) is 4.88. The topological polar surface area (TPSA) is 49.3 Å². The van der Waals surface area contributed by atoms with Gasteiger partial charge in [0.2, 0.25) is 0 Å². The minimum atomic E-state index is -0.103. The number of phenolic OH excluding ortho intramolecular Hbond substituents is 1. The molecule has 3 nitrogen and oxygen atoms in total. The molecule has 3 aromatic carbocycles. The van der Waals surface area contributed by atoms with Crippen molar-refractivity contribution < 1.29 is 9.90 Å². The Morgan fingerprint density at radius 1 is 1.00 bits per heavy atom. The summed E-state index contributed by atoms with van der Waals surface area (Å²) < 4.78 is 0. The molecule has 0 radical (unpaired) electrons. The van der Waals surface area contributed by atoms with E-state index in [1.165, 1.54) is 0 Å². The van der Waals surface area contributed by atoms with Crippen LogP contribution in [0.4, 0.5) is 5.69 Å². The van der Waals surface area contributed by atoms with E-state index in [0.717, 1.165) is 27.6 Å². The molecule has 22 heavy (non-hydrogen) atoms. The summed E-state index contributed by atoms with van der Waals surface area (Å²) in [6.07, 6.45) is 0.393. The maximum Gasteiger partial charge on any atom is 0.167 e. The number of fused-ring (bicyclic) bond motifs is 3. The van der Waals surface area contributed by atoms with Gasteiger partial charge in [-0.1, -0.05) is 42.5 Å². The lowest BCUT2D eigenvalue weighted by Crippen LogP contribution is -2.23. The highest BCUT2D eigenvalue weighted by Gasteiger charge is 2.27. The van der Waals surface area contributed by atoms with E-state index < -0.39 is 0 Å². The quantitative estimate of drug-likeness (QED) is 0.702. The van der Waals surface area contributed by atoms with E-state index in [2.05, 4.69) is 5.32 Å². The number of anilines is 1. The second-order valence-corrected chi connectivity index (χ2v) is 5.63. The summed E-state index contributed by atoms with van der Waals surface area (Å²) in [6.45, 7) is 0. The first-order valence-electron chi connectivity index (χ1n) is 7.33. The number of aromatic hydroxyl groups is 1. The number of nitrogens with one attached hydrogen (secondary N) is 1. The molecule has 0 fully saturated rings. The highest BCUT2D eigenvalue weighted by atomic mass is 16.3. The van der Waals surface area contributed by atoms with E-state index in [9.17, 15) is 9.90 Å². The monoisotopic (exact) mass is 289 g/mol. The first-order valence-corrected chi connectivity index (χ1v) is 7.33. The summed E-state index contributed by atoms with van der Waals surface area (Å²) in [5.41, 5.74) is 2.56. The van der Waals surface area contributed by atoms with Gasteiger partial charge in [-0.25, -0.2) is 0 Å². The van der Waals surface area contributed by atoms with Crippen LogP contribution < -0.4 is 5.32 Å². The van der Waals surface area contributed by atoms with Crippen molar-refractivity contribution in [2.45, 2.75) is 12.5 Å². The Morgan fingerprint density at radius 2 is 1.86 bits per heavy atom. The van der Waals surface area contributed by atoms with Crippen LogP contribution in [-0.4, -0.2) is 10.9 Å². The van der Waals surface area contributed by atoms with Crippen LogP contribution >= 0.6 is 0 Å². The molecular weight excluding hydrogens is 274 g/mol. The van der Waals surface area contributed by atoms with E-state index in [1.54, 1.807) is 18.2 Å². The number of carbonyl (C=O) groups excluding carboxylic acids is 1. The number of carbonyl (C=O) groups is 1. The number of ketones is 1. The number of hydrogen-bond acceptors (Lipinski definition) is 3. The van der Waals surface area contributed by atoms with Crippen molar-refractivity contribution in [2.24, 2.45) is 0 Å². The lowest BCUT2D eigenvalue weighted by Gasteiger charge is -2.27. The average Bonchev–Trinajstić information content (AvgIpc) is 2.54. The van der Waals surface area contributed by atoms with Crippen LogP contribution in [0.5, 0.6) is 5.75 Å². The maximum absolute atomic E-state index is 12.7. The maximum atomic E-state index is 12.7. The normalized spacial score (nSPS) is 17.1. The third-order valence-electron chi connectivity index (χ3n) is 4.20. The average molecular weight is 289 g/mol. The smallest absolute Gasteiger partial charge is 0.167 e. The SMILES string of the molecule is O=C1C[C@@H](c2cccc(O)c2)Nc2ccc3ccccc3c21. The van der Waals surface area contributed by atoms with Gasteiger partial charge in [-0.05, 0) is 34.5 Å². The fraction of sp³-hybridized carbons (Fsp3) is 0.105. The molecule has 1 atom stereocenters. The van der Waals surface area contributed by atoms with Crippen molar-refractivity contribution in [2.75, 3.05) is 5.32 Å². The van der Waals surface area contributed by atoms with Gasteiger partial charge in [0.05, 0.1) is 6.04 Å². The van der Waals surface area contributed by atoms with Gasteiger partial charge >= 0.3 is 0 Å². The Morgan fingerprint density at radius 3 is 2.73 bits per heavy atom. The number of hydrogen-bond donors (Lipinski definition) is 2. The lowest BCUT2D eigenvalue weighted by molar-refractivity contribution is 0.0974. The molecule has 3 heteroatoms. The number of phenols is 1. The molecule has 1 aliphatic rings. The molecule has 1 aliphatic heterocycles. The molecule has 0 aromatic heterocycles. The van der Waals surface area contributed by atoms with Crippen molar-refractivity contribution >= 4 is 22.2 Å². The van der Waals surface area contributed by atoms with Gasteiger partial charge in [0.25, 0.3) is 0 Å². The van der Waals surface area contributed by atoms with Crippen molar-refractivity contribution in [3.8, 4) is 5.75 Å². The largest absolute Gasteiger partial charge is 0.508 e. The zero-order valence-electron chi connectivity index (χ0n) is 11.9. The fourth-order valence-corrected chi connectivity index (χ4v) is 3.16. The predicted molar refractivity (Wildman–Crippen MR) is 87.4 cm³/mol. The third kappa shape index (κ3) is 2.02. The van der Waals surface area contributed by atoms with E-state index in [0.29, 0.717) is 6.42 Å². The van der Waals surface area contributed by atoms with Crippen LogP contribution in [0.1, 0.15) is 28.4 Å². The first kappa shape index (κ1) is 12.9. The number of rotatable bonds is 1. The third-order valence-corrected chi connectivity index (χ3v) is 4.20. The molecule has 0 saturated heterocycles. The molecule has 1 heterocycles. The Bertz CT molecular complexity index is 885. The summed E-state index contributed by atoms with van der Waals surface area (Å²) in [7, 11) is 0. The Balaban J connectivity index is 1.81. The van der Waals surface area contributed by atoms with Gasteiger partial charge in [0.15, 0.2) is 5.78 Å². The molecule has 2 N–H and O–H groups in total. The molecule has 0 unspecified atom stereocenters. The minimum Gasteiger partial charge on any atom is -0.508 e. The van der Waals surface area contributed by atoms with Crippen LogP contribution in [0, 0.1) is 0 Å². The van der Waals surface area contributed by atoms with Gasteiger partial charge < -0.3 is 10.4 Å². The van der Waals surface area contributed by atoms with Gasteiger partial charge in [0.1, 0.15) is 5.75 Å². The Kier molecular flexibility index (Phi) is 2.86. The van der Waals surface area contributed by atoms with Gasteiger partial charge in [-0.15, -0.1) is 0 Å². The van der Waals surface area contributed by atoms with Crippen molar-refractivity contribution in [1.82, 2.24) is 0 Å². The van der Waals surface area contributed by atoms with Crippen molar-refractivity contribution in [3.63, 3.8) is 0 Å². The molecule has 3 aromatic rings. The zero-order chi connectivity index (χ0) is 15.1. The van der Waals surface area contributed by atoms with Gasteiger partial charge in [-0.2, -0.15) is 0 Å². The van der Waals surface area contributed by atoms with Crippen molar-refractivity contribution in [3.05, 3.63) is 71.8 Å². The fourth-order valence-electron chi connectivity index (χ4n) is 3.16. The van der Waals surface area contributed by atoms with Crippen LogP contribution in [0.15, 0.2) is 60.7 Å². The lowest BCUT2D eigenvalue weighted by atomic mass is 9.89. The summed E-state index contributed by atoms with van der Waals surface area (Å²) in [5, 5.41) is 15.1. The van der Waals surface area contributed by atoms with E-state index >= 15 is 0 Å². The van der Waals surface area contributed by atoms with E-state index in [1.807, 2.05) is 42.5 Å². The highest BCUT2D eigenvalue weighted by molar-refractivity contribution is 6.14. The summed E-state index contributed by atoms with van der Waals surface area (Å²) >= 11 is 0. The Labute approximate surface area is 128 Å². The van der Waals surface area contributed by atoms with Crippen LogP contribution in [0.3, 0.4) is 0 Å². The molecule has 0 spiro atoms. The number of benzene rings is 3. The van der Waals surface area contributed by atoms with Crippen LogP contribution in [0.25, 0.3) is 10.8 Å². The molecule has 0 bridgehead atoms. The molecule has 108 valence electrons. The standard InChI is InChI=1S/C19H15NO2/c21-14-6-3-5-13(10-14)17-11-18(22)19-15-7-2-1-4-12(15)8-9-16(19)20-17/h1-10,17,20-21H,11H2/t17-/m0/s1. The van der Waals surface area contributed by atoms with Gasteiger partial charge in [-0.3, -0.25) is 4.79 Å². The second-order valence-electron chi connectivity index (χ2n) is 5.63. The first-order chi connectivity index (χ1) is 10.7. The minimum absolute atomic E-state index is 0.103. The molecular formula is C19H15NO2. The molecule has 0 amide bonds. The van der Waals surface area contributed by atoms with E-state index in [-0.39, 0.29) is 17.6 Å². The molecule has 4 rings (SSSR count). The Hall–Kier alpha value is -2.81. The van der Waals surface area contributed by atoms with Crippen LogP contribution in [-0.2, 0) is 0 Å². The molecule has 0 saturated carbocycles. The summed E-state index contributed by atoms with van der Waals surface area (Å²) in [5.74, 6) is 0.356. The van der Waals surface area contributed by atoms with Gasteiger partial charge in [0, 0.05) is 17.7 Å².